The molecule has 0 saturated heterocycles. The highest BCUT2D eigenvalue weighted by molar-refractivity contribution is 7.47. The summed E-state index contributed by atoms with van der Waals surface area (Å²) in [5, 5.41) is 1.63. The Hall–Kier alpha value is -1.75. The topological polar surface area (TPSA) is 147 Å². The molecule has 0 spiro atoms. The van der Waals surface area contributed by atoms with Gasteiger partial charge in [0.05, 0.1) is 0 Å². The molecule has 0 bridgehead atoms. The van der Waals surface area contributed by atoms with Gasteiger partial charge in [0.1, 0.15) is 13.3 Å². The Bertz CT molecular complexity index is 469. The average Bonchev–Trinajstić information content (AvgIpc) is 2.52. The molecule has 0 aliphatic carbocycles. The Balaban J connectivity index is 4.54. The van der Waals surface area contributed by atoms with Crippen molar-refractivity contribution >= 4 is 25.9 Å². The zero-order valence-corrected chi connectivity index (χ0v) is 14.7. The number of hydrogen-bond acceptors (Lipinski definition) is 9. The summed E-state index contributed by atoms with van der Waals surface area (Å²) in [6, 6.07) is 0. The summed E-state index contributed by atoms with van der Waals surface area (Å²) in [6.07, 6.45) is -2.04. The monoisotopic (exact) mass is 389 g/mol. The number of phosphoric ester groups is 1. The van der Waals surface area contributed by atoms with Crippen LogP contribution in [0.2, 0.25) is 0 Å². The number of nitrogens with one attached hydrogen (secondary N) is 1. The third-order valence-electron chi connectivity index (χ3n) is 2.32. The van der Waals surface area contributed by atoms with Gasteiger partial charge in [0.25, 0.3) is 6.29 Å². The third kappa shape index (κ3) is 12.3. The van der Waals surface area contributed by atoms with Crippen LogP contribution in [0.3, 0.4) is 0 Å². The van der Waals surface area contributed by atoms with Gasteiger partial charge in [-0.2, -0.15) is 0 Å². The van der Waals surface area contributed by atoms with Crippen LogP contribution in [0, 0.1) is 0 Å². The predicted molar refractivity (Wildman–Crippen MR) is 78.2 cm³/mol. The maximum absolute atomic E-state index is 11.6. The highest BCUT2D eigenvalue weighted by atomic mass is 31.2. The SMILES string of the molecule is CCCC(=O)OC(COP(=O)(O)OCNC(=O)OF)OC(=O)CCC. The lowest BCUT2D eigenvalue weighted by Crippen LogP contribution is -2.29. The van der Waals surface area contributed by atoms with E-state index in [1.807, 2.05) is 0 Å². The van der Waals surface area contributed by atoms with Crippen molar-refractivity contribution in [2.24, 2.45) is 0 Å². The molecule has 0 fully saturated rings. The van der Waals surface area contributed by atoms with Gasteiger partial charge >= 0.3 is 25.9 Å². The largest absolute Gasteiger partial charge is 0.474 e. The molecule has 1 amide bonds. The zero-order valence-electron chi connectivity index (χ0n) is 13.8. The van der Waals surface area contributed by atoms with Crippen LogP contribution in [0.1, 0.15) is 39.5 Å². The maximum Gasteiger partial charge on any atom is 0.474 e. The van der Waals surface area contributed by atoms with Crippen molar-refractivity contribution in [1.29, 1.82) is 0 Å². The number of esters is 2. The van der Waals surface area contributed by atoms with E-state index in [9.17, 15) is 28.4 Å². The van der Waals surface area contributed by atoms with Crippen LogP contribution in [-0.2, 0) is 37.6 Å². The first-order valence-corrected chi connectivity index (χ1v) is 8.80. The van der Waals surface area contributed by atoms with E-state index in [0.717, 1.165) is 0 Å². The summed E-state index contributed by atoms with van der Waals surface area (Å²) in [5.74, 6) is -1.39. The van der Waals surface area contributed by atoms with E-state index in [1.54, 1.807) is 19.2 Å². The number of rotatable bonds is 12. The Kier molecular flexibility index (Phi) is 11.7. The van der Waals surface area contributed by atoms with E-state index in [4.69, 9.17) is 9.47 Å². The molecule has 25 heavy (non-hydrogen) atoms. The first-order chi connectivity index (χ1) is 11.7. The van der Waals surface area contributed by atoms with Gasteiger partial charge in [-0.3, -0.25) is 24.0 Å². The van der Waals surface area contributed by atoms with E-state index in [1.165, 1.54) is 0 Å². The third-order valence-corrected chi connectivity index (χ3v) is 3.25. The Morgan fingerprint density at radius 2 is 1.60 bits per heavy atom. The standard InChI is InChI=1S/C12H21FNO10P/c1-3-5-9(15)22-11(23-10(16)6-4-2)7-20-25(18,19)21-8-14-12(17)24-13/h11H,3-8H2,1-2H3,(H,14,17)(H,18,19). The van der Waals surface area contributed by atoms with Crippen LogP contribution >= 0.6 is 7.82 Å². The summed E-state index contributed by atoms with van der Waals surface area (Å²) in [7, 11) is -4.71. The highest BCUT2D eigenvalue weighted by Crippen LogP contribution is 2.42. The zero-order chi connectivity index (χ0) is 19.3. The molecular weight excluding hydrogens is 368 g/mol. The smallest absolute Gasteiger partial charge is 0.423 e. The summed E-state index contributed by atoms with van der Waals surface area (Å²) < 4.78 is 41.4. The van der Waals surface area contributed by atoms with Gasteiger partial charge < -0.3 is 14.4 Å². The summed E-state index contributed by atoms with van der Waals surface area (Å²) in [6.45, 7) is 1.76. The lowest BCUT2D eigenvalue weighted by atomic mass is 10.3. The van der Waals surface area contributed by atoms with E-state index >= 15 is 0 Å². The molecular formula is C12H21FNO10P. The van der Waals surface area contributed by atoms with Crippen LogP contribution in [0.15, 0.2) is 0 Å². The molecule has 0 radical (unpaired) electrons. The minimum atomic E-state index is -4.71. The highest BCUT2D eigenvalue weighted by Gasteiger charge is 2.27. The lowest BCUT2D eigenvalue weighted by molar-refractivity contribution is -0.193. The number of halogens is 1. The van der Waals surface area contributed by atoms with Crippen LogP contribution in [0.25, 0.3) is 0 Å². The fraction of sp³-hybridized carbons (Fsp3) is 0.750. The molecule has 13 heteroatoms. The number of carbonyl (C=O) groups is 3. The summed E-state index contributed by atoms with van der Waals surface area (Å²) in [4.78, 5) is 45.5. The molecule has 0 heterocycles. The Morgan fingerprint density at radius 3 is 2.04 bits per heavy atom. The number of hydrogen-bond donors (Lipinski definition) is 2. The van der Waals surface area contributed by atoms with E-state index in [0.29, 0.717) is 12.8 Å². The minimum absolute atomic E-state index is 0.0460. The lowest BCUT2D eigenvalue weighted by Gasteiger charge is -2.19. The molecule has 0 saturated carbocycles. The quantitative estimate of drug-likeness (QED) is 0.287. The molecule has 0 rings (SSSR count). The van der Waals surface area contributed by atoms with Gasteiger partial charge in [0, 0.05) is 17.4 Å². The van der Waals surface area contributed by atoms with Crippen molar-refractivity contribution in [2.75, 3.05) is 13.3 Å². The van der Waals surface area contributed by atoms with Gasteiger partial charge in [0.15, 0.2) is 0 Å². The number of phosphoric acid groups is 1. The van der Waals surface area contributed by atoms with Crippen molar-refractivity contribution in [3.63, 3.8) is 0 Å². The molecule has 2 N–H and O–H groups in total. The molecule has 1 atom stereocenters. The fourth-order valence-electron chi connectivity index (χ4n) is 1.30. The van der Waals surface area contributed by atoms with Crippen molar-refractivity contribution in [1.82, 2.24) is 5.32 Å². The molecule has 0 aromatic carbocycles. The van der Waals surface area contributed by atoms with Crippen molar-refractivity contribution in [3.05, 3.63) is 0 Å². The number of ether oxygens (including phenoxy) is 2. The van der Waals surface area contributed by atoms with Crippen molar-refractivity contribution in [3.8, 4) is 0 Å². The van der Waals surface area contributed by atoms with Gasteiger partial charge in [-0.1, -0.05) is 13.8 Å². The second kappa shape index (κ2) is 12.6. The molecule has 11 nitrogen and oxygen atoms in total. The second-order valence-electron chi connectivity index (χ2n) is 4.49. The normalized spacial score (nSPS) is 13.0. The van der Waals surface area contributed by atoms with Gasteiger partial charge in [-0.05, 0) is 12.8 Å². The fourth-order valence-corrected chi connectivity index (χ4v) is 1.92. The number of amides is 1. The van der Waals surface area contributed by atoms with Crippen LogP contribution in [0.4, 0.5) is 9.32 Å². The minimum Gasteiger partial charge on any atom is -0.423 e. The summed E-state index contributed by atoms with van der Waals surface area (Å²) in [5.41, 5.74) is 0. The van der Waals surface area contributed by atoms with Gasteiger partial charge in [-0.15, -0.1) is 0 Å². The van der Waals surface area contributed by atoms with Gasteiger partial charge in [0.2, 0.25) is 0 Å². The Morgan fingerprint density at radius 1 is 1.08 bits per heavy atom. The molecule has 0 aromatic heterocycles. The predicted octanol–water partition coefficient (Wildman–Crippen LogP) is 1.70. The molecule has 1 unspecified atom stereocenters. The van der Waals surface area contributed by atoms with E-state index < -0.39 is 45.5 Å². The van der Waals surface area contributed by atoms with E-state index in [2.05, 4.69) is 14.0 Å². The molecule has 0 aliphatic heterocycles. The summed E-state index contributed by atoms with van der Waals surface area (Å²) >= 11 is 0. The van der Waals surface area contributed by atoms with Crippen LogP contribution < -0.4 is 5.32 Å². The number of carbonyl (C=O) groups excluding carboxylic acids is 3. The second-order valence-corrected chi connectivity index (χ2v) is 5.94. The molecule has 0 aromatic rings. The van der Waals surface area contributed by atoms with Crippen LogP contribution in [0.5, 0.6) is 0 Å². The first-order valence-electron chi connectivity index (χ1n) is 7.31. The molecule has 0 aliphatic rings. The molecule has 146 valence electrons. The first kappa shape index (κ1) is 23.2. The van der Waals surface area contributed by atoms with Crippen LogP contribution in [-0.4, -0.2) is 42.6 Å². The Labute approximate surface area is 143 Å². The van der Waals surface area contributed by atoms with Crippen molar-refractivity contribution in [2.45, 2.75) is 45.8 Å². The average molecular weight is 389 g/mol. The van der Waals surface area contributed by atoms with Gasteiger partial charge in [-0.25, -0.2) is 14.3 Å². The maximum atomic E-state index is 11.6. The van der Waals surface area contributed by atoms with Crippen molar-refractivity contribution < 1.29 is 51.8 Å². The van der Waals surface area contributed by atoms with E-state index in [-0.39, 0.29) is 12.8 Å².